The highest BCUT2D eigenvalue weighted by atomic mass is 32.2. The summed E-state index contributed by atoms with van der Waals surface area (Å²) in [6, 6.07) is 13.7. The van der Waals surface area contributed by atoms with E-state index in [2.05, 4.69) is 31.3 Å². The lowest BCUT2D eigenvalue weighted by molar-refractivity contribution is -0.146. The van der Waals surface area contributed by atoms with Gasteiger partial charge in [-0.1, -0.05) is 44.5 Å². The van der Waals surface area contributed by atoms with E-state index in [4.69, 9.17) is 0 Å². The largest absolute Gasteiger partial charge is 0.481 e. The van der Waals surface area contributed by atoms with Gasteiger partial charge in [-0.25, -0.2) is 8.42 Å². The lowest BCUT2D eigenvalue weighted by Gasteiger charge is -2.39. The molecule has 0 spiro atoms. The summed E-state index contributed by atoms with van der Waals surface area (Å²) in [5.41, 5.74) is 3.10. The molecule has 178 valence electrons. The maximum atomic E-state index is 13.0. The highest BCUT2D eigenvalue weighted by Gasteiger charge is 2.35. The van der Waals surface area contributed by atoms with Crippen LogP contribution in [0.3, 0.4) is 0 Å². The van der Waals surface area contributed by atoms with Gasteiger partial charge in [0.25, 0.3) is 0 Å². The molecule has 2 aliphatic rings. The first-order chi connectivity index (χ1) is 15.4. The van der Waals surface area contributed by atoms with E-state index < -0.39 is 21.2 Å². The zero-order valence-electron chi connectivity index (χ0n) is 20.0. The number of hydrogen-bond donors (Lipinski definition) is 2. The molecule has 1 atom stereocenters. The maximum Gasteiger partial charge on any atom is 0.309 e. The first kappa shape index (κ1) is 23.8. The number of nitrogens with one attached hydrogen (secondary N) is 1. The molecule has 6 heteroatoms. The van der Waals surface area contributed by atoms with Crippen LogP contribution in [0.2, 0.25) is 0 Å². The van der Waals surface area contributed by atoms with Gasteiger partial charge in [-0.2, -0.15) is 0 Å². The molecule has 5 nitrogen and oxygen atoms in total. The van der Waals surface area contributed by atoms with Gasteiger partial charge >= 0.3 is 5.97 Å². The summed E-state index contributed by atoms with van der Waals surface area (Å²) < 4.78 is 25.9. The zero-order valence-corrected chi connectivity index (χ0v) is 20.8. The van der Waals surface area contributed by atoms with Gasteiger partial charge in [0.1, 0.15) is 0 Å². The Hall–Kier alpha value is -2.34. The SMILES string of the molecule is CC(C)(Cc1cccc(C2CC(C)(C)c3cc(S(=O)(=O)CC4CCC4)ccc3N2)c1)C(=O)O. The Morgan fingerprint density at radius 3 is 2.52 bits per heavy atom. The fourth-order valence-corrected chi connectivity index (χ4v) is 6.75. The Kier molecular flexibility index (Phi) is 6.10. The van der Waals surface area contributed by atoms with Crippen LogP contribution in [-0.2, 0) is 26.5 Å². The summed E-state index contributed by atoms with van der Waals surface area (Å²) in [5, 5.41) is 13.1. The molecule has 1 fully saturated rings. The van der Waals surface area contributed by atoms with Crippen molar-refractivity contribution in [1.29, 1.82) is 0 Å². The van der Waals surface area contributed by atoms with Crippen molar-refractivity contribution < 1.29 is 18.3 Å². The van der Waals surface area contributed by atoms with Crippen LogP contribution < -0.4 is 5.32 Å². The van der Waals surface area contributed by atoms with Gasteiger partial charge < -0.3 is 10.4 Å². The van der Waals surface area contributed by atoms with Crippen molar-refractivity contribution in [3.05, 3.63) is 59.2 Å². The number of carboxylic acids is 1. The minimum atomic E-state index is -3.28. The molecular weight excluding hydrogens is 434 g/mol. The number of fused-ring (bicyclic) bond motifs is 1. The Labute approximate surface area is 197 Å². The molecule has 2 aromatic rings. The van der Waals surface area contributed by atoms with Crippen LogP contribution in [-0.4, -0.2) is 25.2 Å². The van der Waals surface area contributed by atoms with Crippen molar-refractivity contribution in [1.82, 2.24) is 0 Å². The smallest absolute Gasteiger partial charge is 0.309 e. The van der Waals surface area contributed by atoms with Crippen LogP contribution >= 0.6 is 0 Å². The quantitative estimate of drug-likeness (QED) is 0.540. The zero-order chi connectivity index (χ0) is 24.0. The number of sulfone groups is 1. The predicted octanol–water partition coefficient (Wildman–Crippen LogP) is 5.75. The number of benzene rings is 2. The van der Waals surface area contributed by atoms with Gasteiger partial charge in [-0.15, -0.1) is 0 Å². The molecule has 1 saturated carbocycles. The summed E-state index contributed by atoms with van der Waals surface area (Å²) in [7, 11) is -3.28. The van der Waals surface area contributed by atoms with Crippen LogP contribution in [0.25, 0.3) is 0 Å². The van der Waals surface area contributed by atoms with Crippen LogP contribution in [0.1, 0.15) is 76.1 Å². The molecule has 0 saturated heterocycles. The second-order valence-electron chi connectivity index (χ2n) is 11.2. The van der Waals surface area contributed by atoms with Gasteiger partial charge in [0.05, 0.1) is 22.1 Å². The van der Waals surface area contributed by atoms with E-state index in [0.29, 0.717) is 17.2 Å². The molecule has 1 unspecified atom stereocenters. The number of hydrogen-bond acceptors (Lipinski definition) is 4. The van der Waals surface area contributed by atoms with Gasteiger partial charge in [-0.3, -0.25) is 4.79 Å². The predicted molar refractivity (Wildman–Crippen MR) is 131 cm³/mol. The minimum Gasteiger partial charge on any atom is -0.481 e. The number of rotatable bonds is 7. The normalized spacial score (nSPS) is 20.4. The third-order valence-electron chi connectivity index (χ3n) is 7.38. The molecule has 0 aromatic heterocycles. The standard InChI is InChI=1S/C27H35NO4S/c1-26(2)16-24(20-10-6-9-19(13-20)15-27(3,4)25(29)30)28-23-12-11-21(14-22(23)26)33(31,32)17-18-7-5-8-18/h6,9-14,18,24,28H,5,7-8,15-17H2,1-4H3,(H,29,30). The maximum absolute atomic E-state index is 13.0. The third kappa shape index (κ3) is 4.96. The third-order valence-corrected chi connectivity index (χ3v) is 9.26. The Morgan fingerprint density at radius 2 is 1.88 bits per heavy atom. The summed E-state index contributed by atoms with van der Waals surface area (Å²) in [6.45, 7) is 7.83. The highest BCUT2D eigenvalue weighted by molar-refractivity contribution is 7.91. The van der Waals surface area contributed by atoms with Crippen molar-refractivity contribution in [2.24, 2.45) is 11.3 Å². The van der Waals surface area contributed by atoms with E-state index >= 15 is 0 Å². The van der Waals surface area contributed by atoms with Gasteiger partial charge in [0, 0.05) is 5.69 Å². The van der Waals surface area contributed by atoms with Gasteiger partial charge in [-0.05, 0) is 85.8 Å². The molecule has 4 rings (SSSR count). The molecule has 0 bridgehead atoms. The van der Waals surface area contributed by atoms with Crippen molar-refractivity contribution in [3.63, 3.8) is 0 Å². The molecule has 33 heavy (non-hydrogen) atoms. The van der Waals surface area contributed by atoms with Crippen LogP contribution in [0.5, 0.6) is 0 Å². The summed E-state index contributed by atoms with van der Waals surface area (Å²) in [5.74, 6) is -0.247. The number of carbonyl (C=O) groups is 1. The van der Waals surface area contributed by atoms with Crippen molar-refractivity contribution in [3.8, 4) is 0 Å². The minimum absolute atomic E-state index is 0.0674. The monoisotopic (exact) mass is 469 g/mol. The second kappa shape index (κ2) is 8.46. The molecule has 2 aromatic carbocycles. The van der Waals surface area contributed by atoms with E-state index in [1.807, 2.05) is 24.3 Å². The fraction of sp³-hybridized carbons (Fsp3) is 0.519. The van der Waals surface area contributed by atoms with Crippen molar-refractivity contribution >= 4 is 21.5 Å². The van der Waals surface area contributed by atoms with Crippen molar-refractivity contribution in [2.45, 2.75) is 76.2 Å². The second-order valence-corrected chi connectivity index (χ2v) is 13.2. The summed E-state index contributed by atoms with van der Waals surface area (Å²) in [6.07, 6.45) is 4.45. The average molecular weight is 470 g/mol. The average Bonchev–Trinajstić information content (AvgIpc) is 2.70. The first-order valence-corrected chi connectivity index (χ1v) is 13.5. The first-order valence-electron chi connectivity index (χ1n) is 11.8. The summed E-state index contributed by atoms with van der Waals surface area (Å²) >= 11 is 0. The number of anilines is 1. The van der Waals surface area contributed by atoms with Crippen LogP contribution in [0.15, 0.2) is 47.4 Å². The Bertz CT molecular complexity index is 1160. The van der Waals surface area contributed by atoms with Gasteiger partial charge in [0.15, 0.2) is 9.84 Å². The van der Waals surface area contributed by atoms with E-state index in [9.17, 15) is 18.3 Å². The number of carboxylic acid groups (broad SMARTS) is 1. The highest BCUT2D eigenvalue weighted by Crippen LogP contribution is 2.45. The van der Waals surface area contributed by atoms with E-state index in [1.165, 1.54) is 0 Å². The van der Waals surface area contributed by atoms with Crippen LogP contribution in [0.4, 0.5) is 5.69 Å². The Balaban J connectivity index is 1.59. The van der Waals surface area contributed by atoms with Crippen molar-refractivity contribution in [2.75, 3.05) is 11.1 Å². The Morgan fingerprint density at radius 1 is 1.15 bits per heavy atom. The lowest BCUT2D eigenvalue weighted by atomic mass is 9.74. The molecular formula is C27H35NO4S. The summed E-state index contributed by atoms with van der Waals surface area (Å²) in [4.78, 5) is 12.0. The molecule has 2 N–H and O–H groups in total. The number of aliphatic carboxylic acids is 1. The topological polar surface area (TPSA) is 83.5 Å². The molecule has 1 aliphatic carbocycles. The van der Waals surface area contributed by atoms with E-state index in [0.717, 1.165) is 48.1 Å². The molecule has 0 amide bonds. The van der Waals surface area contributed by atoms with E-state index in [1.54, 1.807) is 19.9 Å². The fourth-order valence-electron chi connectivity index (χ4n) is 5.03. The van der Waals surface area contributed by atoms with Crippen LogP contribution in [0, 0.1) is 11.3 Å². The lowest BCUT2D eigenvalue weighted by Crippen LogP contribution is -2.32. The van der Waals surface area contributed by atoms with Gasteiger partial charge in [0.2, 0.25) is 0 Å². The molecule has 1 aliphatic heterocycles. The molecule has 0 radical (unpaired) electrons. The van der Waals surface area contributed by atoms with E-state index in [-0.39, 0.29) is 17.2 Å². The molecule has 1 heterocycles.